The monoisotopic (exact) mass is 320 g/mol. The van der Waals surface area contributed by atoms with Gasteiger partial charge in [-0.2, -0.15) is 0 Å². The summed E-state index contributed by atoms with van der Waals surface area (Å²) in [6, 6.07) is 6.87. The SMILES string of the molecule is COC(=O)COc1ccc(NC(=O)C2CCCCC2(C)N)cc1. The van der Waals surface area contributed by atoms with E-state index < -0.39 is 11.5 Å². The maximum atomic E-state index is 12.4. The Morgan fingerprint density at radius 1 is 1.30 bits per heavy atom. The summed E-state index contributed by atoms with van der Waals surface area (Å²) >= 11 is 0. The molecule has 0 spiro atoms. The predicted molar refractivity (Wildman–Crippen MR) is 87.1 cm³/mol. The molecule has 23 heavy (non-hydrogen) atoms. The first-order valence-corrected chi connectivity index (χ1v) is 7.82. The number of esters is 1. The Kier molecular flexibility index (Phi) is 5.60. The highest BCUT2D eigenvalue weighted by Gasteiger charge is 2.37. The van der Waals surface area contributed by atoms with Gasteiger partial charge < -0.3 is 20.5 Å². The van der Waals surface area contributed by atoms with Gasteiger partial charge in [-0.1, -0.05) is 12.8 Å². The van der Waals surface area contributed by atoms with Crippen LogP contribution in [0.4, 0.5) is 5.69 Å². The van der Waals surface area contributed by atoms with Crippen molar-refractivity contribution in [2.75, 3.05) is 19.0 Å². The zero-order chi connectivity index (χ0) is 16.9. The molecule has 0 heterocycles. The van der Waals surface area contributed by atoms with Gasteiger partial charge in [0.15, 0.2) is 6.61 Å². The van der Waals surface area contributed by atoms with E-state index in [4.69, 9.17) is 10.5 Å². The molecule has 1 aliphatic carbocycles. The average Bonchev–Trinajstić information content (AvgIpc) is 2.53. The lowest BCUT2D eigenvalue weighted by molar-refractivity contribution is -0.142. The standard InChI is InChI=1S/C17H24N2O4/c1-17(18)10-4-3-5-14(17)16(21)19-12-6-8-13(9-7-12)23-11-15(20)22-2/h6-9,14H,3-5,10-11,18H2,1-2H3,(H,19,21). The van der Waals surface area contributed by atoms with Gasteiger partial charge in [0.05, 0.1) is 13.0 Å². The molecular formula is C17H24N2O4. The zero-order valence-corrected chi connectivity index (χ0v) is 13.6. The van der Waals surface area contributed by atoms with Gasteiger partial charge in [0.2, 0.25) is 5.91 Å². The quantitative estimate of drug-likeness (QED) is 0.811. The fraction of sp³-hybridized carbons (Fsp3) is 0.529. The number of nitrogens with one attached hydrogen (secondary N) is 1. The molecule has 0 aromatic heterocycles. The van der Waals surface area contributed by atoms with Gasteiger partial charge in [0.25, 0.3) is 0 Å². The second-order valence-corrected chi connectivity index (χ2v) is 6.18. The van der Waals surface area contributed by atoms with Crippen LogP contribution in [-0.2, 0) is 14.3 Å². The molecule has 126 valence electrons. The molecule has 1 aromatic rings. The molecule has 1 amide bonds. The van der Waals surface area contributed by atoms with Crippen molar-refractivity contribution in [1.29, 1.82) is 0 Å². The molecule has 1 saturated carbocycles. The van der Waals surface area contributed by atoms with Gasteiger partial charge in [-0.15, -0.1) is 0 Å². The van der Waals surface area contributed by atoms with Crippen molar-refractivity contribution in [3.8, 4) is 5.75 Å². The number of carbonyl (C=O) groups is 2. The summed E-state index contributed by atoms with van der Waals surface area (Å²) in [6.07, 6.45) is 3.79. The molecule has 2 unspecified atom stereocenters. The summed E-state index contributed by atoms with van der Waals surface area (Å²) in [5.74, 6) is -0.124. The fourth-order valence-corrected chi connectivity index (χ4v) is 2.85. The molecule has 6 heteroatoms. The number of hydrogen-bond acceptors (Lipinski definition) is 5. The molecule has 1 fully saturated rings. The van der Waals surface area contributed by atoms with Gasteiger partial charge in [-0.25, -0.2) is 4.79 Å². The largest absolute Gasteiger partial charge is 0.482 e. The van der Waals surface area contributed by atoms with Crippen molar-refractivity contribution in [2.45, 2.75) is 38.1 Å². The third-order valence-corrected chi connectivity index (χ3v) is 4.28. The summed E-state index contributed by atoms with van der Waals surface area (Å²) in [5, 5.41) is 2.90. The van der Waals surface area contributed by atoms with E-state index in [1.165, 1.54) is 7.11 Å². The number of anilines is 1. The lowest BCUT2D eigenvalue weighted by atomic mass is 9.74. The first-order chi connectivity index (χ1) is 10.9. The Labute approximate surface area is 136 Å². The van der Waals surface area contributed by atoms with Crippen molar-refractivity contribution in [3.63, 3.8) is 0 Å². The number of carbonyl (C=O) groups excluding carboxylic acids is 2. The van der Waals surface area contributed by atoms with Crippen LogP contribution in [-0.4, -0.2) is 31.1 Å². The van der Waals surface area contributed by atoms with E-state index in [1.807, 2.05) is 6.92 Å². The van der Waals surface area contributed by atoms with Crippen LogP contribution in [0, 0.1) is 5.92 Å². The number of hydrogen-bond donors (Lipinski definition) is 2. The molecule has 3 N–H and O–H groups in total. The molecule has 0 saturated heterocycles. The molecule has 1 aliphatic rings. The maximum Gasteiger partial charge on any atom is 0.343 e. The number of rotatable bonds is 5. The Hall–Kier alpha value is -2.08. The number of nitrogens with two attached hydrogens (primary N) is 1. The second kappa shape index (κ2) is 7.46. The normalized spacial score (nSPS) is 23.9. The number of methoxy groups -OCH3 is 1. The minimum absolute atomic E-state index is 0.0436. The predicted octanol–water partition coefficient (Wildman–Crippen LogP) is 2.08. The third kappa shape index (κ3) is 4.69. The summed E-state index contributed by atoms with van der Waals surface area (Å²) in [7, 11) is 1.31. The van der Waals surface area contributed by atoms with E-state index in [9.17, 15) is 9.59 Å². The lowest BCUT2D eigenvalue weighted by Gasteiger charge is -2.37. The molecule has 1 aromatic carbocycles. The average molecular weight is 320 g/mol. The molecular weight excluding hydrogens is 296 g/mol. The Morgan fingerprint density at radius 2 is 2.00 bits per heavy atom. The van der Waals surface area contributed by atoms with Crippen LogP contribution in [0.5, 0.6) is 5.75 Å². The topological polar surface area (TPSA) is 90.6 Å². The van der Waals surface area contributed by atoms with E-state index in [0.29, 0.717) is 11.4 Å². The van der Waals surface area contributed by atoms with Crippen LogP contribution in [0.2, 0.25) is 0 Å². The van der Waals surface area contributed by atoms with Gasteiger partial charge in [-0.05, 0) is 44.0 Å². The van der Waals surface area contributed by atoms with Crippen LogP contribution in [0.3, 0.4) is 0 Å². The second-order valence-electron chi connectivity index (χ2n) is 6.18. The minimum atomic E-state index is -0.452. The van der Waals surface area contributed by atoms with Crippen molar-refractivity contribution in [2.24, 2.45) is 11.7 Å². The van der Waals surface area contributed by atoms with Crippen molar-refractivity contribution >= 4 is 17.6 Å². The summed E-state index contributed by atoms with van der Waals surface area (Å²) in [6.45, 7) is 1.80. The molecule has 0 radical (unpaired) electrons. The van der Waals surface area contributed by atoms with Crippen LogP contribution in [0.25, 0.3) is 0 Å². The first-order valence-electron chi connectivity index (χ1n) is 7.82. The van der Waals surface area contributed by atoms with Crippen LogP contribution >= 0.6 is 0 Å². The molecule has 2 atom stereocenters. The lowest BCUT2D eigenvalue weighted by Crippen LogP contribution is -2.51. The number of amides is 1. The maximum absolute atomic E-state index is 12.4. The van der Waals surface area contributed by atoms with Gasteiger partial charge >= 0.3 is 5.97 Å². The summed E-state index contributed by atoms with van der Waals surface area (Å²) in [5.41, 5.74) is 6.49. The highest BCUT2D eigenvalue weighted by Crippen LogP contribution is 2.32. The summed E-state index contributed by atoms with van der Waals surface area (Å²) in [4.78, 5) is 23.5. The zero-order valence-electron chi connectivity index (χ0n) is 13.6. The van der Waals surface area contributed by atoms with E-state index in [2.05, 4.69) is 10.1 Å². The van der Waals surface area contributed by atoms with E-state index in [-0.39, 0.29) is 18.4 Å². The van der Waals surface area contributed by atoms with Crippen LogP contribution in [0.15, 0.2) is 24.3 Å². The van der Waals surface area contributed by atoms with Crippen molar-refractivity contribution in [3.05, 3.63) is 24.3 Å². The molecule has 0 aliphatic heterocycles. The molecule has 6 nitrogen and oxygen atoms in total. The van der Waals surface area contributed by atoms with E-state index in [0.717, 1.165) is 25.7 Å². The molecule has 0 bridgehead atoms. The Morgan fingerprint density at radius 3 is 2.61 bits per heavy atom. The fourth-order valence-electron chi connectivity index (χ4n) is 2.85. The first kappa shape index (κ1) is 17.3. The Bertz CT molecular complexity index is 554. The van der Waals surface area contributed by atoms with Crippen LogP contribution < -0.4 is 15.8 Å². The van der Waals surface area contributed by atoms with Gasteiger partial charge in [0, 0.05) is 11.2 Å². The van der Waals surface area contributed by atoms with Crippen molar-refractivity contribution in [1.82, 2.24) is 0 Å². The minimum Gasteiger partial charge on any atom is -0.482 e. The smallest absolute Gasteiger partial charge is 0.343 e. The van der Waals surface area contributed by atoms with Gasteiger partial charge in [0.1, 0.15) is 5.75 Å². The van der Waals surface area contributed by atoms with Gasteiger partial charge in [-0.3, -0.25) is 4.79 Å². The highest BCUT2D eigenvalue weighted by atomic mass is 16.6. The Balaban J connectivity index is 1.92. The van der Waals surface area contributed by atoms with Crippen molar-refractivity contribution < 1.29 is 19.1 Å². The highest BCUT2D eigenvalue weighted by molar-refractivity contribution is 5.93. The van der Waals surface area contributed by atoms with Crippen LogP contribution in [0.1, 0.15) is 32.6 Å². The number of ether oxygens (including phenoxy) is 2. The van der Waals surface area contributed by atoms with E-state index in [1.54, 1.807) is 24.3 Å². The summed E-state index contributed by atoms with van der Waals surface area (Å²) < 4.78 is 9.76. The number of benzene rings is 1. The van der Waals surface area contributed by atoms with E-state index >= 15 is 0 Å². The third-order valence-electron chi connectivity index (χ3n) is 4.28. The molecule has 2 rings (SSSR count).